The lowest BCUT2D eigenvalue weighted by Gasteiger charge is -2.23. The van der Waals surface area contributed by atoms with Gasteiger partial charge in [0.05, 0.1) is 18.8 Å². The average molecular weight is 460 g/mol. The molecular formula is C23H30BrN3O2. The molecule has 0 heterocycles. The van der Waals surface area contributed by atoms with E-state index >= 15 is 0 Å². The van der Waals surface area contributed by atoms with Crippen LogP contribution in [-0.2, 0) is 16.0 Å². The number of aryl methyl sites for hydroxylation is 1. The summed E-state index contributed by atoms with van der Waals surface area (Å²) in [4.78, 5) is 24.3. The van der Waals surface area contributed by atoms with E-state index in [2.05, 4.69) is 76.9 Å². The van der Waals surface area contributed by atoms with Crippen LogP contribution in [-0.4, -0.2) is 24.9 Å². The van der Waals surface area contributed by atoms with Crippen LogP contribution in [0, 0.1) is 5.92 Å². The van der Waals surface area contributed by atoms with Gasteiger partial charge in [-0.2, -0.15) is 0 Å². The Morgan fingerprint density at radius 3 is 2.28 bits per heavy atom. The maximum absolute atomic E-state index is 12.2. The molecule has 0 saturated heterocycles. The van der Waals surface area contributed by atoms with E-state index in [1.807, 2.05) is 18.2 Å². The van der Waals surface area contributed by atoms with Crippen LogP contribution < -0.4 is 16.0 Å². The summed E-state index contributed by atoms with van der Waals surface area (Å²) in [5, 5.41) is 8.75. The third-order valence-corrected chi connectivity index (χ3v) is 5.31. The van der Waals surface area contributed by atoms with Crippen molar-refractivity contribution in [2.45, 2.75) is 39.7 Å². The van der Waals surface area contributed by atoms with Gasteiger partial charge in [-0.3, -0.25) is 9.59 Å². The molecule has 3 N–H and O–H groups in total. The van der Waals surface area contributed by atoms with E-state index in [0.29, 0.717) is 11.6 Å². The van der Waals surface area contributed by atoms with Crippen molar-refractivity contribution in [3.8, 4) is 0 Å². The van der Waals surface area contributed by atoms with Crippen molar-refractivity contribution in [3.63, 3.8) is 0 Å². The van der Waals surface area contributed by atoms with Gasteiger partial charge in [-0.1, -0.05) is 63.6 Å². The first kappa shape index (κ1) is 23.1. The molecule has 2 aromatic carbocycles. The Labute approximate surface area is 181 Å². The molecule has 0 bridgehead atoms. The summed E-state index contributed by atoms with van der Waals surface area (Å²) in [7, 11) is 0. The molecule has 29 heavy (non-hydrogen) atoms. The third-order valence-electron chi connectivity index (χ3n) is 4.62. The highest BCUT2D eigenvalue weighted by molar-refractivity contribution is 9.10. The lowest BCUT2D eigenvalue weighted by molar-refractivity contribution is -0.123. The quantitative estimate of drug-likeness (QED) is 0.491. The number of hydrogen-bond acceptors (Lipinski definition) is 3. The molecule has 0 aliphatic carbocycles. The molecule has 156 valence electrons. The standard InChI is InChI=1S/C23H30BrN3O2/c1-4-7-17-10-12-18(13-11-17)23(16(2)3)26-14-21(28)25-15-22(29)27-20-9-6-5-8-19(20)24/h5-6,8-13,16,23,26H,4,7,14-15H2,1-3H3,(H,25,28)(H,27,29). The summed E-state index contributed by atoms with van der Waals surface area (Å²) in [5.74, 6) is -0.142. The molecule has 0 spiro atoms. The zero-order valence-corrected chi connectivity index (χ0v) is 18.9. The van der Waals surface area contributed by atoms with Gasteiger partial charge < -0.3 is 16.0 Å². The molecule has 0 aromatic heterocycles. The second-order valence-corrected chi connectivity index (χ2v) is 8.25. The molecule has 6 heteroatoms. The van der Waals surface area contributed by atoms with Gasteiger partial charge in [0.1, 0.15) is 0 Å². The maximum atomic E-state index is 12.2. The molecule has 2 rings (SSSR count). The van der Waals surface area contributed by atoms with Crippen LogP contribution in [0.4, 0.5) is 5.69 Å². The van der Waals surface area contributed by atoms with Gasteiger partial charge in [0.2, 0.25) is 11.8 Å². The Hall–Kier alpha value is -2.18. The summed E-state index contributed by atoms with van der Waals surface area (Å²) in [6.07, 6.45) is 2.20. The highest BCUT2D eigenvalue weighted by atomic mass is 79.9. The van der Waals surface area contributed by atoms with E-state index in [1.165, 1.54) is 11.1 Å². The minimum absolute atomic E-state index is 0.0695. The van der Waals surface area contributed by atoms with Crippen LogP contribution in [0.3, 0.4) is 0 Å². The Bertz CT molecular complexity index is 806. The molecule has 0 radical (unpaired) electrons. The lowest BCUT2D eigenvalue weighted by atomic mass is 9.94. The Morgan fingerprint density at radius 1 is 0.966 bits per heavy atom. The SMILES string of the molecule is CCCc1ccc(C(NCC(=O)NCC(=O)Nc2ccccc2Br)C(C)C)cc1. The minimum Gasteiger partial charge on any atom is -0.346 e. The van der Waals surface area contributed by atoms with Crippen LogP contribution in [0.15, 0.2) is 53.0 Å². The van der Waals surface area contributed by atoms with Gasteiger partial charge in [0.15, 0.2) is 0 Å². The number of amides is 2. The fourth-order valence-corrected chi connectivity index (χ4v) is 3.50. The van der Waals surface area contributed by atoms with Crippen molar-refractivity contribution >= 4 is 33.4 Å². The van der Waals surface area contributed by atoms with Crippen molar-refractivity contribution in [2.75, 3.05) is 18.4 Å². The first-order valence-corrected chi connectivity index (χ1v) is 10.8. The summed E-state index contributed by atoms with van der Waals surface area (Å²) >= 11 is 3.38. The molecule has 2 amide bonds. The van der Waals surface area contributed by atoms with Gasteiger partial charge in [-0.25, -0.2) is 0 Å². The molecule has 1 atom stereocenters. The Morgan fingerprint density at radius 2 is 1.66 bits per heavy atom. The molecule has 5 nitrogen and oxygen atoms in total. The average Bonchev–Trinajstić information content (AvgIpc) is 2.69. The first-order chi connectivity index (χ1) is 13.9. The highest BCUT2D eigenvalue weighted by Gasteiger charge is 2.17. The number of hydrogen-bond donors (Lipinski definition) is 3. The van der Waals surface area contributed by atoms with Gasteiger partial charge >= 0.3 is 0 Å². The lowest BCUT2D eigenvalue weighted by Crippen LogP contribution is -2.40. The van der Waals surface area contributed by atoms with Crippen LogP contribution in [0.2, 0.25) is 0 Å². The third kappa shape index (κ3) is 7.63. The molecule has 1 unspecified atom stereocenters. The Balaban J connectivity index is 1.82. The van der Waals surface area contributed by atoms with E-state index < -0.39 is 0 Å². The Kier molecular flexibility index (Phi) is 9.35. The zero-order valence-electron chi connectivity index (χ0n) is 17.3. The monoisotopic (exact) mass is 459 g/mol. The predicted molar refractivity (Wildman–Crippen MR) is 122 cm³/mol. The van der Waals surface area contributed by atoms with Gasteiger partial charge in [0.25, 0.3) is 0 Å². The normalized spacial score (nSPS) is 11.9. The summed E-state index contributed by atoms with van der Waals surface area (Å²) < 4.78 is 0.797. The number of carbonyl (C=O) groups is 2. The number of para-hydroxylation sites is 1. The largest absolute Gasteiger partial charge is 0.346 e. The molecular weight excluding hydrogens is 430 g/mol. The van der Waals surface area contributed by atoms with Crippen molar-refractivity contribution in [2.24, 2.45) is 5.92 Å². The summed E-state index contributed by atoms with van der Waals surface area (Å²) in [6, 6.07) is 16.0. The molecule has 0 aliphatic heterocycles. The van der Waals surface area contributed by atoms with Gasteiger partial charge in [-0.15, -0.1) is 0 Å². The van der Waals surface area contributed by atoms with Crippen LogP contribution in [0.1, 0.15) is 44.4 Å². The van der Waals surface area contributed by atoms with Crippen LogP contribution in [0.5, 0.6) is 0 Å². The number of anilines is 1. The second kappa shape index (κ2) is 11.7. The number of nitrogens with one attached hydrogen (secondary N) is 3. The minimum atomic E-state index is -0.267. The molecule has 2 aromatic rings. The van der Waals surface area contributed by atoms with E-state index in [-0.39, 0.29) is 30.9 Å². The maximum Gasteiger partial charge on any atom is 0.243 e. The van der Waals surface area contributed by atoms with Crippen molar-refractivity contribution in [3.05, 3.63) is 64.1 Å². The smallest absolute Gasteiger partial charge is 0.243 e. The van der Waals surface area contributed by atoms with Crippen LogP contribution in [0.25, 0.3) is 0 Å². The predicted octanol–water partition coefficient (Wildman–Crippen LogP) is 4.44. The molecule has 0 aliphatic rings. The van der Waals surface area contributed by atoms with E-state index in [4.69, 9.17) is 0 Å². The fraction of sp³-hybridized carbons (Fsp3) is 0.391. The number of benzene rings is 2. The number of rotatable bonds is 10. The van der Waals surface area contributed by atoms with Crippen molar-refractivity contribution < 1.29 is 9.59 Å². The van der Waals surface area contributed by atoms with Crippen molar-refractivity contribution in [1.82, 2.24) is 10.6 Å². The van der Waals surface area contributed by atoms with E-state index in [1.54, 1.807) is 6.07 Å². The van der Waals surface area contributed by atoms with Gasteiger partial charge in [-0.05, 0) is 51.5 Å². The summed E-state index contributed by atoms with van der Waals surface area (Å²) in [5.41, 5.74) is 3.17. The number of halogens is 1. The molecule has 0 saturated carbocycles. The molecule has 0 fully saturated rings. The van der Waals surface area contributed by atoms with Crippen molar-refractivity contribution in [1.29, 1.82) is 0 Å². The fourth-order valence-electron chi connectivity index (χ4n) is 3.12. The second-order valence-electron chi connectivity index (χ2n) is 7.40. The van der Waals surface area contributed by atoms with E-state index in [9.17, 15) is 9.59 Å². The number of carbonyl (C=O) groups excluding carboxylic acids is 2. The summed E-state index contributed by atoms with van der Waals surface area (Å²) in [6.45, 7) is 6.51. The zero-order chi connectivity index (χ0) is 21.2. The van der Waals surface area contributed by atoms with Crippen LogP contribution >= 0.6 is 15.9 Å². The van der Waals surface area contributed by atoms with E-state index in [0.717, 1.165) is 17.3 Å². The highest BCUT2D eigenvalue weighted by Crippen LogP contribution is 2.22. The first-order valence-electron chi connectivity index (χ1n) is 10.0. The van der Waals surface area contributed by atoms with Gasteiger partial charge in [0, 0.05) is 10.5 Å². The topological polar surface area (TPSA) is 70.2 Å².